The van der Waals surface area contributed by atoms with Crippen LogP contribution in [0.2, 0.25) is 0 Å². The number of rotatable bonds is 5. The molecular weight excluding hydrogens is 337 g/mol. The van der Waals surface area contributed by atoms with Crippen molar-refractivity contribution < 1.29 is 18.7 Å². The molecule has 2 fully saturated rings. The molecule has 1 aromatic rings. The Morgan fingerprint density at radius 3 is 3.15 bits per heavy atom. The molecule has 0 aromatic heterocycles. The summed E-state index contributed by atoms with van der Waals surface area (Å²) in [6, 6.07) is 4.53. The average molecular weight is 361 g/mol. The second-order valence-corrected chi connectivity index (χ2v) is 7.33. The Balaban J connectivity index is 1.70. The molecule has 3 heterocycles. The number of fused-ring (bicyclic) bond motifs is 4. The summed E-state index contributed by atoms with van der Waals surface area (Å²) in [7, 11) is 1.62. The molecule has 140 valence electrons. The van der Waals surface area contributed by atoms with Crippen molar-refractivity contribution in [2.24, 2.45) is 5.92 Å². The number of nitrogens with one attached hydrogen (secondary N) is 2. The maximum absolute atomic E-state index is 14.0. The van der Waals surface area contributed by atoms with Gasteiger partial charge in [0.15, 0.2) is 0 Å². The van der Waals surface area contributed by atoms with E-state index < -0.39 is 11.5 Å². The number of amides is 2. The highest BCUT2D eigenvalue weighted by molar-refractivity contribution is 6.09. The van der Waals surface area contributed by atoms with Crippen molar-refractivity contribution in [1.82, 2.24) is 10.2 Å². The minimum atomic E-state index is -1.09. The third-order valence-electron chi connectivity index (χ3n) is 5.97. The lowest BCUT2D eigenvalue weighted by Gasteiger charge is -2.36. The van der Waals surface area contributed by atoms with Gasteiger partial charge in [0.05, 0.1) is 5.92 Å². The molecule has 7 heteroatoms. The monoisotopic (exact) mass is 361 g/mol. The van der Waals surface area contributed by atoms with Crippen LogP contribution in [0.1, 0.15) is 31.2 Å². The molecule has 1 aromatic carbocycles. The molecule has 2 saturated heterocycles. The molecule has 3 aliphatic heterocycles. The van der Waals surface area contributed by atoms with Crippen molar-refractivity contribution in [2.75, 3.05) is 32.1 Å². The maximum atomic E-state index is 14.0. The molecule has 26 heavy (non-hydrogen) atoms. The van der Waals surface area contributed by atoms with Gasteiger partial charge in [0, 0.05) is 37.6 Å². The van der Waals surface area contributed by atoms with Crippen molar-refractivity contribution in [3.05, 3.63) is 29.6 Å². The van der Waals surface area contributed by atoms with Gasteiger partial charge in [-0.05, 0) is 50.4 Å². The minimum absolute atomic E-state index is 0.136. The van der Waals surface area contributed by atoms with Crippen molar-refractivity contribution in [2.45, 2.75) is 37.3 Å². The highest BCUT2D eigenvalue weighted by atomic mass is 19.1. The van der Waals surface area contributed by atoms with E-state index in [1.807, 2.05) is 0 Å². The van der Waals surface area contributed by atoms with E-state index >= 15 is 0 Å². The lowest BCUT2D eigenvalue weighted by Crippen LogP contribution is -2.54. The number of carbonyl (C=O) groups is 2. The van der Waals surface area contributed by atoms with Crippen molar-refractivity contribution in [3.63, 3.8) is 0 Å². The zero-order chi connectivity index (χ0) is 18.3. The van der Waals surface area contributed by atoms with E-state index in [1.54, 1.807) is 13.2 Å². The van der Waals surface area contributed by atoms with Gasteiger partial charge >= 0.3 is 0 Å². The molecule has 0 radical (unpaired) electrons. The maximum Gasteiger partial charge on any atom is 0.250 e. The van der Waals surface area contributed by atoms with Crippen LogP contribution in [-0.2, 0) is 19.9 Å². The molecule has 0 aliphatic carbocycles. The van der Waals surface area contributed by atoms with Gasteiger partial charge in [-0.15, -0.1) is 0 Å². The van der Waals surface area contributed by atoms with Crippen molar-refractivity contribution >= 4 is 17.5 Å². The molecule has 3 unspecified atom stereocenters. The lowest BCUT2D eigenvalue weighted by molar-refractivity contribution is -0.137. The molecule has 2 amide bonds. The van der Waals surface area contributed by atoms with Crippen LogP contribution in [0, 0.1) is 11.7 Å². The van der Waals surface area contributed by atoms with Gasteiger partial charge in [0.1, 0.15) is 11.4 Å². The van der Waals surface area contributed by atoms with Gasteiger partial charge in [-0.2, -0.15) is 0 Å². The number of carbonyl (C=O) groups excluding carboxylic acids is 2. The second kappa shape index (κ2) is 6.63. The van der Waals surface area contributed by atoms with E-state index in [0.717, 1.165) is 19.4 Å². The third kappa shape index (κ3) is 2.45. The predicted molar refractivity (Wildman–Crippen MR) is 94.0 cm³/mol. The lowest BCUT2D eigenvalue weighted by atomic mass is 9.78. The molecule has 2 N–H and O–H groups in total. The van der Waals surface area contributed by atoms with Crippen molar-refractivity contribution in [1.29, 1.82) is 0 Å². The Morgan fingerprint density at radius 1 is 1.50 bits per heavy atom. The molecule has 3 atom stereocenters. The minimum Gasteiger partial charge on any atom is -0.385 e. The van der Waals surface area contributed by atoms with Crippen LogP contribution in [0.15, 0.2) is 18.2 Å². The van der Waals surface area contributed by atoms with E-state index in [4.69, 9.17) is 4.74 Å². The van der Waals surface area contributed by atoms with Gasteiger partial charge in [-0.25, -0.2) is 4.39 Å². The average Bonchev–Trinajstić information content (AvgIpc) is 3.27. The highest BCUT2D eigenvalue weighted by Crippen LogP contribution is 2.55. The van der Waals surface area contributed by atoms with Crippen LogP contribution in [0.25, 0.3) is 0 Å². The summed E-state index contributed by atoms with van der Waals surface area (Å²) >= 11 is 0. The van der Waals surface area contributed by atoms with E-state index in [1.165, 1.54) is 12.1 Å². The SMILES string of the molecule is COCCCNC(=O)C1CC2CCCN2C12C(=O)Nc1ccc(F)cc12. The number of nitrogens with zero attached hydrogens (tertiary/aromatic N) is 1. The first-order valence-electron chi connectivity index (χ1n) is 9.24. The highest BCUT2D eigenvalue weighted by Gasteiger charge is 2.65. The molecule has 6 nitrogen and oxygen atoms in total. The topological polar surface area (TPSA) is 70.7 Å². The summed E-state index contributed by atoms with van der Waals surface area (Å²) in [4.78, 5) is 28.2. The predicted octanol–water partition coefficient (Wildman–Crippen LogP) is 1.61. The van der Waals surface area contributed by atoms with Crippen LogP contribution in [0.5, 0.6) is 0 Å². The summed E-state index contributed by atoms with van der Waals surface area (Å²) in [5.74, 6) is -1.25. The number of methoxy groups -OCH3 is 1. The van der Waals surface area contributed by atoms with Gasteiger partial charge < -0.3 is 15.4 Å². The Bertz CT molecular complexity index is 741. The number of ether oxygens (including phenoxy) is 1. The van der Waals surface area contributed by atoms with Gasteiger partial charge in [-0.3, -0.25) is 14.5 Å². The normalized spacial score (nSPS) is 29.7. The van der Waals surface area contributed by atoms with Crippen molar-refractivity contribution in [3.8, 4) is 0 Å². The Hall–Kier alpha value is -1.99. The standard InChI is InChI=1S/C19H24FN3O3/c1-26-9-3-7-21-17(24)15-11-13-4-2-8-23(13)19(15)14-10-12(20)5-6-16(14)22-18(19)25/h5-6,10,13,15H,2-4,7-9,11H2,1H3,(H,21,24)(H,22,25). The first-order chi connectivity index (χ1) is 12.6. The van der Waals surface area contributed by atoms with Gasteiger partial charge in [0.25, 0.3) is 0 Å². The van der Waals surface area contributed by atoms with Crippen LogP contribution >= 0.6 is 0 Å². The zero-order valence-corrected chi connectivity index (χ0v) is 14.9. The number of hydrogen-bond donors (Lipinski definition) is 2. The molecule has 3 aliphatic rings. The third-order valence-corrected chi connectivity index (χ3v) is 5.97. The Labute approximate surface area is 152 Å². The summed E-state index contributed by atoms with van der Waals surface area (Å²) in [5.41, 5.74) is 0.120. The van der Waals surface area contributed by atoms with E-state index in [9.17, 15) is 14.0 Å². The Kier molecular flexibility index (Phi) is 4.44. The Morgan fingerprint density at radius 2 is 2.35 bits per heavy atom. The van der Waals surface area contributed by atoms with E-state index in [-0.39, 0.29) is 23.7 Å². The molecular formula is C19H24FN3O3. The smallest absolute Gasteiger partial charge is 0.250 e. The largest absolute Gasteiger partial charge is 0.385 e. The fourth-order valence-corrected chi connectivity index (χ4v) is 4.95. The first kappa shape index (κ1) is 17.4. The van der Waals surface area contributed by atoms with Gasteiger partial charge in [0.2, 0.25) is 11.8 Å². The summed E-state index contributed by atoms with van der Waals surface area (Å²) in [5, 5.41) is 5.83. The molecule has 1 spiro atoms. The first-order valence-corrected chi connectivity index (χ1v) is 9.24. The molecule has 0 bridgehead atoms. The fourth-order valence-electron chi connectivity index (χ4n) is 4.95. The fraction of sp³-hybridized carbons (Fsp3) is 0.579. The van der Waals surface area contributed by atoms with Gasteiger partial charge in [-0.1, -0.05) is 0 Å². The summed E-state index contributed by atoms with van der Waals surface area (Å²) in [6.45, 7) is 1.82. The number of halogens is 1. The van der Waals surface area contributed by atoms with Crippen LogP contribution < -0.4 is 10.6 Å². The molecule has 0 saturated carbocycles. The zero-order valence-electron chi connectivity index (χ0n) is 14.9. The van der Waals surface area contributed by atoms with Crippen LogP contribution in [0.3, 0.4) is 0 Å². The van der Waals surface area contributed by atoms with Crippen LogP contribution in [0.4, 0.5) is 10.1 Å². The van der Waals surface area contributed by atoms with E-state index in [0.29, 0.717) is 37.2 Å². The number of anilines is 1. The quantitative estimate of drug-likeness (QED) is 0.782. The van der Waals surface area contributed by atoms with E-state index in [2.05, 4.69) is 15.5 Å². The summed E-state index contributed by atoms with van der Waals surface area (Å²) < 4.78 is 19.0. The number of benzene rings is 1. The summed E-state index contributed by atoms with van der Waals surface area (Å²) in [6.07, 6.45) is 3.30. The molecule has 4 rings (SSSR count). The number of hydrogen-bond acceptors (Lipinski definition) is 4. The van der Waals surface area contributed by atoms with Crippen LogP contribution in [-0.4, -0.2) is 49.6 Å². The second-order valence-electron chi connectivity index (χ2n) is 7.33.